The molecule has 3 rings (SSSR count). The van der Waals surface area contributed by atoms with Gasteiger partial charge in [0.2, 0.25) is 0 Å². The van der Waals surface area contributed by atoms with Crippen molar-refractivity contribution in [2.45, 2.75) is 19.3 Å². The number of benzene rings is 1. The van der Waals surface area contributed by atoms with Gasteiger partial charge in [0, 0.05) is 75.7 Å². The van der Waals surface area contributed by atoms with E-state index in [0.717, 1.165) is 4.68 Å². The minimum Gasteiger partial charge on any atom is -0.352 e. The largest absolute Gasteiger partial charge is 0.435 e. The van der Waals surface area contributed by atoms with E-state index in [1.165, 1.54) is 19.3 Å². The highest BCUT2D eigenvalue weighted by Gasteiger charge is 2.37. The number of aliphatic imine (C=N–C) groups is 1. The molecule has 1 aliphatic rings. The molecule has 12 heteroatoms. The minimum absolute atomic E-state index is 0. The van der Waals surface area contributed by atoms with Gasteiger partial charge in [0.25, 0.3) is 0 Å². The molecule has 1 saturated heterocycles. The van der Waals surface area contributed by atoms with Crippen LogP contribution in [0.3, 0.4) is 0 Å². The molecule has 1 aromatic carbocycles. The molecule has 1 aromatic heterocycles. The lowest BCUT2D eigenvalue weighted by molar-refractivity contribution is -0.142. The first-order valence-corrected chi connectivity index (χ1v) is 9.77. The Kier molecular flexibility index (Phi) is 8.95. The van der Waals surface area contributed by atoms with Gasteiger partial charge in [-0.3, -0.25) is 14.6 Å². The van der Waals surface area contributed by atoms with Crippen molar-refractivity contribution in [3.8, 4) is 0 Å². The third-order valence-corrected chi connectivity index (χ3v) is 5.29. The summed E-state index contributed by atoms with van der Waals surface area (Å²) in [7, 11) is 3.04. The third kappa shape index (κ3) is 6.45. The Morgan fingerprint density at radius 1 is 1.23 bits per heavy atom. The highest BCUT2D eigenvalue weighted by molar-refractivity contribution is 14.0. The van der Waals surface area contributed by atoms with Crippen LogP contribution in [0.4, 0.5) is 17.6 Å². The van der Waals surface area contributed by atoms with E-state index < -0.39 is 11.9 Å². The Morgan fingerprint density at radius 2 is 1.90 bits per heavy atom. The topological polar surface area (TPSA) is 48.7 Å². The summed E-state index contributed by atoms with van der Waals surface area (Å²) in [4.78, 5) is 8.23. The minimum atomic E-state index is -4.51. The Labute approximate surface area is 200 Å². The number of hydrogen-bond donors (Lipinski definition) is 1. The Balaban J connectivity index is 0.00000341. The van der Waals surface area contributed by atoms with Gasteiger partial charge < -0.3 is 10.2 Å². The lowest BCUT2D eigenvalue weighted by Crippen LogP contribution is -2.52. The maximum absolute atomic E-state index is 14.0. The van der Waals surface area contributed by atoms with Gasteiger partial charge in [0.1, 0.15) is 5.82 Å². The summed E-state index contributed by atoms with van der Waals surface area (Å²) >= 11 is 6.10. The zero-order chi connectivity index (χ0) is 21.9. The standard InChI is InChI=1S/C19H23ClF4N6.HI/c1-25-18(26-10-13-11-28(2)27-17(13)19(22,23)24)30-8-6-29(7-9-30)12-14-15(20)4-3-5-16(14)21;/h3-5,11H,6-10,12H2,1-2H3,(H,25,26);1H. The van der Waals surface area contributed by atoms with Crippen molar-refractivity contribution in [1.29, 1.82) is 0 Å². The van der Waals surface area contributed by atoms with Crippen molar-refractivity contribution in [3.63, 3.8) is 0 Å². The van der Waals surface area contributed by atoms with Gasteiger partial charge >= 0.3 is 6.18 Å². The molecule has 0 saturated carbocycles. The first-order valence-electron chi connectivity index (χ1n) is 9.39. The normalized spacial score (nSPS) is 15.7. The van der Waals surface area contributed by atoms with Crippen LogP contribution in [0.25, 0.3) is 0 Å². The van der Waals surface area contributed by atoms with E-state index in [1.54, 1.807) is 19.2 Å². The van der Waals surface area contributed by atoms with Gasteiger partial charge in [-0.15, -0.1) is 24.0 Å². The molecule has 2 aromatic rings. The molecule has 1 N–H and O–H groups in total. The van der Waals surface area contributed by atoms with Crippen LogP contribution in [-0.4, -0.2) is 58.8 Å². The monoisotopic (exact) mass is 574 g/mol. The van der Waals surface area contributed by atoms with Gasteiger partial charge in [-0.25, -0.2) is 4.39 Å². The third-order valence-electron chi connectivity index (χ3n) is 4.94. The zero-order valence-electron chi connectivity index (χ0n) is 17.1. The van der Waals surface area contributed by atoms with Gasteiger partial charge in [-0.1, -0.05) is 17.7 Å². The molecule has 1 aliphatic heterocycles. The highest BCUT2D eigenvalue weighted by Crippen LogP contribution is 2.30. The van der Waals surface area contributed by atoms with E-state index in [-0.39, 0.29) is 41.9 Å². The molecule has 0 bridgehead atoms. The quantitative estimate of drug-likeness (QED) is 0.262. The van der Waals surface area contributed by atoms with Crippen molar-refractivity contribution >= 4 is 41.5 Å². The number of aryl methyl sites for hydroxylation is 1. The summed E-state index contributed by atoms with van der Waals surface area (Å²) in [6.45, 7) is 2.85. The Morgan fingerprint density at radius 3 is 2.48 bits per heavy atom. The van der Waals surface area contributed by atoms with Crippen LogP contribution in [0, 0.1) is 5.82 Å². The zero-order valence-corrected chi connectivity index (χ0v) is 20.2. The predicted molar refractivity (Wildman–Crippen MR) is 122 cm³/mol. The predicted octanol–water partition coefficient (Wildman–Crippen LogP) is 3.74. The molecular weight excluding hydrogens is 551 g/mol. The summed E-state index contributed by atoms with van der Waals surface area (Å²) in [6, 6.07) is 4.62. The first-order chi connectivity index (χ1) is 14.2. The second-order valence-corrected chi connectivity index (χ2v) is 7.45. The summed E-state index contributed by atoms with van der Waals surface area (Å²) in [5.74, 6) is 0.176. The van der Waals surface area contributed by atoms with E-state index in [1.807, 2.05) is 4.90 Å². The average Bonchev–Trinajstić information content (AvgIpc) is 3.07. The SMILES string of the molecule is CN=C(NCc1cn(C)nc1C(F)(F)F)N1CCN(Cc2c(F)cccc2Cl)CC1.I. The molecule has 31 heavy (non-hydrogen) atoms. The Hall–Kier alpha value is -1.60. The van der Waals surface area contributed by atoms with Crippen LogP contribution in [-0.2, 0) is 26.3 Å². The van der Waals surface area contributed by atoms with Crippen LogP contribution in [0.2, 0.25) is 5.02 Å². The number of nitrogens with zero attached hydrogens (tertiary/aromatic N) is 5. The highest BCUT2D eigenvalue weighted by atomic mass is 127. The van der Waals surface area contributed by atoms with Crippen LogP contribution in [0.15, 0.2) is 29.4 Å². The van der Waals surface area contributed by atoms with Crippen molar-refractivity contribution in [2.24, 2.45) is 12.0 Å². The smallest absolute Gasteiger partial charge is 0.352 e. The fourth-order valence-corrected chi connectivity index (χ4v) is 3.66. The molecule has 0 aliphatic carbocycles. The van der Waals surface area contributed by atoms with Gasteiger partial charge in [-0.05, 0) is 12.1 Å². The summed E-state index contributed by atoms with van der Waals surface area (Å²) in [5, 5.41) is 6.89. The lowest BCUT2D eigenvalue weighted by Gasteiger charge is -2.36. The van der Waals surface area contributed by atoms with Crippen molar-refractivity contribution < 1.29 is 17.6 Å². The summed E-state index contributed by atoms with van der Waals surface area (Å²) < 4.78 is 54.5. The fourth-order valence-electron chi connectivity index (χ4n) is 3.44. The van der Waals surface area contributed by atoms with Crippen LogP contribution >= 0.6 is 35.6 Å². The number of nitrogens with one attached hydrogen (secondary N) is 1. The van der Waals surface area contributed by atoms with Gasteiger partial charge in [-0.2, -0.15) is 18.3 Å². The maximum atomic E-state index is 14.0. The van der Waals surface area contributed by atoms with E-state index >= 15 is 0 Å². The second kappa shape index (κ2) is 10.8. The van der Waals surface area contributed by atoms with Crippen LogP contribution < -0.4 is 5.32 Å². The van der Waals surface area contributed by atoms with E-state index in [2.05, 4.69) is 20.3 Å². The van der Waals surface area contributed by atoms with E-state index in [9.17, 15) is 17.6 Å². The summed E-state index contributed by atoms with van der Waals surface area (Å²) in [6.07, 6.45) is -3.17. The number of guanidine groups is 1. The molecule has 0 atom stereocenters. The molecule has 0 radical (unpaired) electrons. The maximum Gasteiger partial charge on any atom is 0.435 e. The molecule has 6 nitrogen and oxygen atoms in total. The summed E-state index contributed by atoms with van der Waals surface area (Å²) in [5.41, 5.74) is -0.384. The average molecular weight is 575 g/mol. The molecule has 2 heterocycles. The number of alkyl halides is 3. The van der Waals surface area contributed by atoms with Crippen molar-refractivity contribution in [1.82, 2.24) is 24.9 Å². The molecular formula is C19H24ClF4IN6. The molecule has 0 unspecified atom stereocenters. The number of aromatic nitrogens is 2. The molecule has 1 fully saturated rings. The van der Waals surface area contributed by atoms with E-state index in [0.29, 0.717) is 49.3 Å². The van der Waals surface area contributed by atoms with Crippen molar-refractivity contribution in [2.75, 3.05) is 33.2 Å². The number of piperazine rings is 1. The lowest BCUT2D eigenvalue weighted by atomic mass is 10.2. The van der Waals surface area contributed by atoms with Crippen LogP contribution in [0.5, 0.6) is 0 Å². The second-order valence-electron chi connectivity index (χ2n) is 7.04. The van der Waals surface area contributed by atoms with Crippen LogP contribution in [0.1, 0.15) is 16.8 Å². The molecule has 172 valence electrons. The Bertz CT molecular complexity index is 889. The van der Waals surface area contributed by atoms with Crippen molar-refractivity contribution in [3.05, 3.63) is 52.1 Å². The number of halogens is 6. The van der Waals surface area contributed by atoms with Gasteiger partial charge in [0.15, 0.2) is 11.7 Å². The number of rotatable bonds is 4. The van der Waals surface area contributed by atoms with Gasteiger partial charge in [0.05, 0.1) is 0 Å². The fraction of sp³-hybridized carbons (Fsp3) is 0.474. The molecule has 0 spiro atoms. The number of hydrogen-bond acceptors (Lipinski definition) is 3. The molecule has 0 amide bonds. The first kappa shape index (κ1) is 25.7. The van der Waals surface area contributed by atoms with E-state index in [4.69, 9.17) is 11.6 Å².